The average Bonchev–Trinajstić information content (AvgIpc) is 2.77. The maximum Gasteiger partial charge on any atom is 0.332 e. The first-order valence-electron chi connectivity index (χ1n) is 6.83. The highest BCUT2D eigenvalue weighted by Gasteiger charge is 2.29. The van der Waals surface area contributed by atoms with E-state index in [0.717, 1.165) is 4.57 Å². The highest BCUT2D eigenvalue weighted by molar-refractivity contribution is 7.91. The molecule has 2 rings (SSSR count). The molecule has 0 aromatic carbocycles. The smallest absolute Gasteiger partial charge is 0.332 e. The van der Waals surface area contributed by atoms with Gasteiger partial charge < -0.3 is 11.1 Å². The molecular formula is C12H20N4O4S. The van der Waals surface area contributed by atoms with Crippen LogP contribution in [0.25, 0.3) is 0 Å². The van der Waals surface area contributed by atoms with Crippen molar-refractivity contribution in [2.45, 2.75) is 32.4 Å². The lowest BCUT2D eigenvalue weighted by atomic mass is 10.2. The summed E-state index contributed by atoms with van der Waals surface area (Å²) >= 11 is 0. The normalized spacial score (nSPS) is 20.6. The van der Waals surface area contributed by atoms with E-state index in [1.807, 2.05) is 6.92 Å². The maximum absolute atomic E-state index is 12.2. The van der Waals surface area contributed by atoms with E-state index < -0.39 is 21.1 Å². The van der Waals surface area contributed by atoms with Crippen molar-refractivity contribution >= 4 is 21.3 Å². The van der Waals surface area contributed by atoms with E-state index in [1.54, 1.807) is 0 Å². The molecule has 21 heavy (non-hydrogen) atoms. The Kier molecular flexibility index (Phi) is 4.13. The van der Waals surface area contributed by atoms with Gasteiger partial charge in [-0.1, -0.05) is 6.92 Å². The molecule has 0 bridgehead atoms. The van der Waals surface area contributed by atoms with Crippen LogP contribution in [-0.4, -0.2) is 35.1 Å². The largest absolute Gasteiger partial charge is 0.383 e. The molecule has 0 radical (unpaired) electrons. The molecular weight excluding hydrogens is 296 g/mol. The molecule has 0 spiro atoms. The molecule has 1 aliphatic heterocycles. The summed E-state index contributed by atoms with van der Waals surface area (Å²) in [6.45, 7) is 2.30. The Morgan fingerprint density at radius 2 is 2.05 bits per heavy atom. The van der Waals surface area contributed by atoms with Gasteiger partial charge in [-0.2, -0.15) is 0 Å². The van der Waals surface area contributed by atoms with Crippen LogP contribution in [0.1, 0.15) is 19.8 Å². The van der Waals surface area contributed by atoms with Crippen LogP contribution >= 0.6 is 0 Å². The van der Waals surface area contributed by atoms with Crippen LogP contribution in [0.4, 0.5) is 11.5 Å². The molecule has 1 fully saturated rings. The first-order chi connectivity index (χ1) is 9.76. The summed E-state index contributed by atoms with van der Waals surface area (Å²) < 4.78 is 25.3. The SMILES string of the molecule is CCCn1c(N)c(NC2CCS(=O)(=O)C2)c(=O)n(C)c1=O. The number of nitrogens with one attached hydrogen (secondary N) is 1. The zero-order valence-electron chi connectivity index (χ0n) is 12.1. The van der Waals surface area contributed by atoms with Crippen molar-refractivity contribution < 1.29 is 8.42 Å². The summed E-state index contributed by atoms with van der Waals surface area (Å²) in [6, 6.07) is -0.349. The zero-order chi connectivity index (χ0) is 15.8. The molecule has 1 aliphatic rings. The molecule has 1 unspecified atom stereocenters. The summed E-state index contributed by atoms with van der Waals surface area (Å²) in [4.78, 5) is 24.2. The zero-order valence-corrected chi connectivity index (χ0v) is 12.9. The van der Waals surface area contributed by atoms with Crippen molar-refractivity contribution in [3.63, 3.8) is 0 Å². The van der Waals surface area contributed by atoms with Gasteiger partial charge in [0.1, 0.15) is 11.5 Å². The number of aromatic nitrogens is 2. The van der Waals surface area contributed by atoms with Gasteiger partial charge in [0.2, 0.25) is 0 Å². The molecule has 8 nitrogen and oxygen atoms in total. The molecule has 1 atom stereocenters. The molecule has 1 aromatic heterocycles. The van der Waals surface area contributed by atoms with Crippen molar-refractivity contribution in [3.8, 4) is 0 Å². The van der Waals surface area contributed by atoms with Gasteiger partial charge in [0, 0.05) is 19.6 Å². The highest BCUT2D eigenvalue weighted by atomic mass is 32.2. The van der Waals surface area contributed by atoms with Crippen LogP contribution in [-0.2, 0) is 23.4 Å². The third-order valence-corrected chi connectivity index (χ3v) is 5.38. The molecule has 9 heteroatoms. The molecule has 1 saturated heterocycles. The minimum atomic E-state index is -3.06. The van der Waals surface area contributed by atoms with Crippen molar-refractivity contribution in [2.75, 3.05) is 22.6 Å². The second-order valence-electron chi connectivity index (χ2n) is 5.30. The van der Waals surface area contributed by atoms with E-state index in [4.69, 9.17) is 5.73 Å². The summed E-state index contributed by atoms with van der Waals surface area (Å²) in [7, 11) is -1.68. The van der Waals surface area contributed by atoms with Gasteiger partial charge in [-0.25, -0.2) is 13.2 Å². The average molecular weight is 316 g/mol. The number of nitrogens with two attached hydrogens (primary N) is 1. The van der Waals surface area contributed by atoms with Crippen LogP contribution in [0.5, 0.6) is 0 Å². The van der Waals surface area contributed by atoms with Gasteiger partial charge in [-0.3, -0.25) is 13.9 Å². The topological polar surface area (TPSA) is 116 Å². The lowest BCUT2D eigenvalue weighted by Crippen LogP contribution is -2.42. The minimum Gasteiger partial charge on any atom is -0.383 e. The fourth-order valence-electron chi connectivity index (χ4n) is 2.47. The summed E-state index contributed by atoms with van der Waals surface area (Å²) in [6.07, 6.45) is 1.12. The molecule has 118 valence electrons. The number of nitrogens with zero attached hydrogens (tertiary/aromatic N) is 2. The standard InChI is InChI=1S/C12H20N4O4S/c1-3-5-16-10(13)9(11(17)15(2)12(16)18)14-8-4-6-21(19,20)7-8/h8,14H,3-7,13H2,1-2H3. The molecule has 0 saturated carbocycles. The van der Waals surface area contributed by atoms with E-state index in [1.165, 1.54) is 11.6 Å². The van der Waals surface area contributed by atoms with E-state index >= 15 is 0 Å². The van der Waals surface area contributed by atoms with Gasteiger partial charge in [0.25, 0.3) is 5.56 Å². The van der Waals surface area contributed by atoms with Crippen LogP contribution in [0.15, 0.2) is 9.59 Å². The second kappa shape index (κ2) is 5.55. The fourth-order valence-corrected chi connectivity index (χ4v) is 4.14. The summed E-state index contributed by atoms with van der Waals surface area (Å²) in [5.74, 6) is 0.136. The Morgan fingerprint density at radius 1 is 1.38 bits per heavy atom. The predicted molar refractivity (Wildman–Crippen MR) is 81.3 cm³/mol. The van der Waals surface area contributed by atoms with Crippen molar-refractivity contribution in [3.05, 3.63) is 20.8 Å². The van der Waals surface area contributed by atoms with Crippen molar-refractivity contribution in [1.82, 2.24) is 9.13 Å². The fraction of sp³-hybridized carbons (Fsp3) is 0.667. The monoisotopic (exact) mass is 316 g/mol. The maximum atomic E-state index is 12.2. The number of nitrogen functional groups attached to an aromatic ring is 1. The third-order valence-electron chi connectivity index (χ3n) is 3.61. The van der Waals surface area contributed by atoms with E-state index in [-0.39, 0.29) is 29.1 Å². The number of anilines is 2. The predicted octanol–water partition coefficient (Wildman–Crippen LogP) is -0.862. The van der Waals surface area contributed by atoms with Crippen LogP contribution in [0, 0.1) is 0 Å². The molecule has 0 aliphatic carbocycles. The summed E-state index contributed by atoms with van der Waals surface area (Å²) in [5, 5.41) is 2.90. The van der Waals surface area contributed by atoms with E-state index in [2.05, 4.69) is 5.32 Å². The lowest BCUT2D eigenvalue weighted by Gasteiger charge is -2.18. The van der Waals surface area contributed by atoms with Crippen LogP contribution in [0.2, 0.25) is 0 Å². The van der Waals surface area contributed by atoms with Gasteiger partial charge in [0.15, 0.2) is 9.84 Å². The number of sulfone groups is 1. The van der Waals surface area contributed by atoms with Gasteiger partial charge in [0.05, 0.1) is 11.5 Å². The number of rotatable bonds is 4. The van der Waals surface area contributed by atoms with Crippen molar-refractivity contribution in [1.29, 1.82) is 0 Å². The number of hydrogen-bond donors (Lipinski definition) is 2. The van der Waals surface area contributed by atoms with Gasteiger partial charge >= 0.3 is 5.69 Å². The lowest BCUT2D eigenvalue weighted by molar-refractivity contribution is 0.598. The highest BCUT2D eigenvalue weighted by Crippen LogP contribution is 2.18. The Morgan fingerprint density at radius 3 is 2.57 bits per heavy atom. The first kappa shape index (κ1) is 15.6. The Hall–Kier alpha value is -1.77. The molecule has 3 N–H and O–H groups in total. The van der Waals surface area contributed by atoms with Crippen molar-refractivity contribution in [2.24, 2.45) is 7.05 Å². The quantitative estimate of drug-likeness (QED) is 0.746. The summed E-state index contributed by atoms with van der Waals surface area (Å²) in [5.41, 5.74) is 5.03. The van der Waals surface area contributed by atoms with Gasteiger partial charge in [-0.05, 0) is 12.8 Å². The van der Waals surface area contributed by atoms with Gasteiger partial charge in [-0.15, -0.1) is 0 Å². The Labute approximate surface area is 122 Å². The minimum absolute atomic E-state index is 0.0253. The second-order valence-corrected chi connectivity index (χ2v) is 7.53. The molecule has 2 heterocycles. The Bertz CT molecular complexity index is 763. The molecule has 0 amide bonds. The molecule has 1 aromatic rings. The third kappa shape index (κ3) is 2.97. The Balaban J connectivity index is 2.44. The van der Waals surface area contributed by atoms with E-state index in [9.17, 15) is 18.0 Å². The first-order valence-corrected chi connectivity index (χ1v) is 8.65. The van der Waals surface area contributed by atoms with Crippen LogP contribution in [0.3, 0.4) is 0 Å². The van der Waals surface area contributed by atoms with Crippen LogP contribution < -0.4 is 22.3 Å². The number of hydrogen-bond acceptors (Lipinski definition) is 6. The van der Waals surface area contributed by atoms with E-state index in [0.29, 0.717) is 19.4 Å².